The van der Waals surface area contributed by atoms with Crippen molar-refractivity contribution in [3.05, 3.63) is 68.9 Å². The van der Waals surface area contributed by atoms with Gasteiger partial charge in [-0.2, -0.15) is 0 Å². The van der Waals surface area contributed by atoms with Gasteiger partial charge in [-0.1, -0.05) is 39.7 Å². The van der Waals surface area contributed by atoms with E-state index >= 15 is 0 Å². The van der Waals surface area contributed by atoms with Crippen LogP contribution in [0, 0.1) is 19.7 Å². The Bertz CT molecular complexity index is 529. The number of rotatable bonds is 4. The highest BCUT2D eigenvalue weighted by molar-refractivity contribution is 9.10. The van der Waals surface area contributed by atoms with Gasteiger partial charge in [-0.3, -0.25) is 0 Å². The molecular formula is C16H17BrFN. The summed E-state index contributed by atoms with van der Waals surface area (Å²) < 4.78 is 14.1. The Morgan fingerprint density at radius 1 is 1.00 bits per heavy atom. The zero-order valence-electron chi connectivity index (χ0n) is 11.1. The van der Waals surface area contributed by atoms with E-state index in [0.717, 1.165) is 16.6 Å². The minimum atomic E-state index is -0.202. The standard InChI is InChI=1S/C16H17BrFN/c1-11-3-4-12(2)13(7-11)9-19-10-14-8-15(18)5-6-16(14)17/h3-8,19H,9-10H2,1-2H3. The zero-order chi connectivity index (χ0) is 13.8. The Hall–Kier alpha value is -1.19. The van der Waals surface area contributed by atoms with Crippen LogP contribution in [0.4, 0.5) is 4.39 Å². The molecule has 0 saturated heterocycles. The normalized spacial score (nSPS) is 10.7. The predicted molar refractivity (Wildman–Crippen MR) is 80.6 cm³/mol. The Labute approximate surface area is 122 Å². The molecule has 0 aliphatic rings. The highest BCUT2D eigenvalue weighted by Gasteiger charge is 2.03. The largest absolute Gasteiger partial charge is 0.309 e. The Morgan fingerprint density at radius 2 is 1.74 bits per heavy atom. The van der Waals surface area contributed by atoms with Crippen LogP contribution in [0.2, 0.25) is 0 Å². The summed E-state index contributed by atoms with van der Waals surface area (Å²) in [4.78, 5) is 0. The average molecular weight is 322 g/mol. The van der Waals surface area contributed by atoms with E-state index in [0.29, 0.717) is 6.54 Å². The van der Waals surface area contributed by atoms with Crippen molar-refractivity contribution in [3.63, 3.8) is 0 Å². The molecule has 0 atom stereocenters. The van der Waals surface area contributed by atoms with E-state index in [1.165, 1.54) is 22.8 Å². The molecule has 2 rings (SSSR count). The summed E-state index contributed by atoms with van der Waals surface area (Å²) >= 11 is 3.44. The van der Waals surface area contributed by atoms with Gasteiger partial charge in [0.15, 0.2) is 0 Å². The van der Waals surface area contributed by atoms with E-state index in [9.17, 15) is 4.39 Å². The lowest BCUT2D eigenvalue weighted by Gasteiger charge is -2.10. The Kier molecular flexibility index (Phi) is 4.72. The van der Waals surface area contributed by atoms with Gasteiger partial charge in [0.1, 0.15) is 5.82 Å². The minimum Gasteiger partial charge on any atom is -0.309 e. The minimum absolute atomic E-state index is 0.202. The van der Waals surface area contributed by atoms with Gasteiger partial charge in [0.2, 0.25) is 0 Å². The van der Waals surface area contributed by atoms with Crippen LogP contribution in [0.3, 0.4) is 0 Å². The SMILES string of the molecule is Cc1ccc(C)c(CNCc2cc(F)ccc2Br)c1. The lowest BCUT2D eigenvalue weighted by Crippen LogP contribution is -2.14. The summed E-state index contributed by atoms with van der Waals surface area (Å²) in [5, 5.41) is 3.36. The maximum Gasteiger partial charge on any atom is 0.123 e. The second kappa shape index (κ2) is 6.31. The molecule has 0 amide bonds. The molecule has 2 aromatic carbocycles. The molecule has 3 heteroatoms. The summed E-state index contributed by atoms with van der Waals surface area (Å²) in [5.41, 5.74) is 4.75. The molecule has 0 aromatic heterocycles. The molecule has 0 aliphatic heterocycles. The molecule has 2 aromatic rings. The third kappa shape index (κ3) is 3.88. The lowest BCUT2D eigenvalue weighted by atomic mass is 10.1. The van der Waals surface area contributed by atoms with Gasteiger partial charge in [-0.05, 0) is 48.7 Å². The number of halogens is 2. The molecule has 19 heavy (non-hydrogen) atoms. The fourth-order valence-corrected chi connectivity index (χ4v) is 2.39. The molecule has 1 nitrogen and oxygen atoms in total. The van der Waals surface area contributed by atoms with Crippen molar-refractivity contribution >= 4 is 15.9 Å². The van der Waals surface area contributed by atoms with Crippen molar-refractivity contribution in [1.29, 1.82) is 0 Å². The van der Waals surface area contributed by atoms with Crippen molar-refractivity contribution < 1.29 is 4.39 Å². The summed E-state index contributed by atoms with van der Waals surface area (Å²) in [6.45, 7) is 5.63. The van der Waals surface area contributed by atoms with Gasteiger partial charge in [-0.25, -0.2) is 4.39 Å². The molecule has 0 heterocycles. The quantitative estimate of drug-likeness (QED) is 0.874. The molecule has 0 radical (unpaired) electrons. The lowest BCUT2D eigenvalue weighted by molar-refractivity contribution is 0.619. The molecule has 1 N–H and O–H groups in total. The average Bonchev–Trinajstić information content (AvgIpc) is 2.38. The first-order valence-electron chi connectivity index (χ1n) is 6.27. The number of nitrogens with one attached hydrogen (secondary N) is 1. The summed E-state index contributed by atoms with van der Waals surface area (Å²) in [7, 11) is 0. The Balaban J connectivity index is 2.00. The molecule has 0 fully saturated rings. The third-order valence-corrected chi connectivity index (χ3v) is 3.92. The monoisotopic (exact) mass is 321 g/mol. The third-order valence-electron chi connectivity index (χ3n) is 3.14. The second-order valence-corrected chi connectivity index (χ2v) is 5.62. The number of hydrogen-bond donors (Lipinski definition) is 1. The van der Waals surface area contributed by atoms with Crippen molar-refractivity contribution in [2.24, 2.45) is 0 Å². The molecule has 0 aliphatic carbocycles. The van der Waals surface area contributed by atoms with Crippen LogP contribution in [-0.4, -0.2) is 0 Å². The summed E-state index contributed by atoms with van der Waals surface area (Å²) in [6.07, 6.45) is 0. The van der Waals surface area contributed by atoms with Crippen molar-refractivity contribution in [2.45, 2.75) is 26.9 Å². The highest BCUT2D eigenvalue weighted by atomic mass is 79.9. The van der Waals surface area contributed by atoms with Crippen molar-refractivity contribution in [2.75, 3.05) is 0 Å². The fraction of sp³-hybridized carbons (Fsp3) is 0.250. The van der Waals surface area contributed by atoms with Crippen LogP contribution in [-0.2, 0) is 13.1 Å². The van der Waals surface area contributed by atoms with E-state index in [4.69, 9.17) is 0 Å². The van der Waals surface area contributed by atoms with E-state index in [-0.39, 0.29) is 5.82 Å². The van der Waals surface area contributed by atoms with Crippen LogP contribution < -0.4 is 5.32 Å². The van der Waals surface area contributed by atoms with E-state index in [1.807, 2.05) is 0 Å². The zero-order valence-corrected chi connectivity index (χ0v) is 12.7. The smallest absolute Gasteiger partial charge is 0.123 e. The molecule has 0 saturated carbocycles. The predicted octanol–water partition coefficient (Wildman–Crippen LogP) is 4.49. The van der Waals surface area contributed by atoms with Crippen LogP contribution >= 0.6 is 15.9 Å². The van der Waals surface area contributed by atoms with Gasteiger partial charge in [0.25, 0.3) is 0 Å². The van der Waals surface area contributed by atoms with Crippen LogP contribution in [0.25, 0.3) is 0 Å². The van der Waals surface area contributed by atoms with Crippen LogP contribution in [0.5, 0.6) is 0 Å². The highest BCUT2D eigenvalue weighted by Crippen LogP contribution is 2.18. The van der Waals surface area contributed by atoms with Gasteiger partial charge in [-0.15, -0.1) is 0 Å². The second-order valence-electron chi connectivity index (χ2n) is 4.77. The molecule has 100 valence electrons. The fourth-order valence-electron chi connectivity index (χ4n) is 2.00. The van der Waals surface area contributed by atoms with E-state index < -0.39 is 0 Å². The van der Waals surface area contributed by atoms with E-state index in [1.54, 1.807) is 12.1 Å². The summed E-state index contributed by atoms with van der Waals surface area (Å²) in [6, 6.07) is 11.2. The van der Waals surface area contributed by atoms with Gasteiger partial charge >= 0.3 is 0 Å². The molecule has 0 unspecified atom stereocenters. The number of benzene rings is 2. The van der Waals surface area contributed by atoms with Crippen LogP contribution in [0.1, 0.15) is 22.3 Å². The van der Waals surface area contributed by atoms with Crippen LogP contribution in [0.15, 0.2) is 40.9 Å². The van der Waals surface area contributed by atoms with E-state index in [2.05, 4.69) is 53.3 Å². The summed E-state index contributed by atoms with van der Waals surface area (Å²) in [5.74, 6) is -0.202. The molecular weight excluding hydrogens is 305 g/mol. The Morgan fingerprint density at radius 3 is 2.53 bits per heavy atom. The van der Waals surface area contributed by atoms with Crippen molar-refractivity contribution in [3.8, 4) is 0 Å². The first kappa shape index (κ1) is 14.2. The first-order valence-corrected chi connectivity index (χ1v) is 7.06. The maximum atomic E-state index is 13.2. The molecule has 0 spiro atoms. The van der Waals surface area contributed by atoms with Gasteiger partial charge < -0.3 is 5.32 Å². The number of hydrogen-bond acceptors (Lipinski definition) is 1. The topological polar surface area (TPSA) is 12.0 Å². The maximum absolute atomic E-state index is 13.2. The number of aryl methyl sites for hydroxylation is 2. The van der Waals surface area contributed by atoms with Gasteiger partial charge in [0, 0.05) is 17.6 Å². The first-order chi connectivity index (χ1) is 9.06. The van der Waals surface area contributed by atoms with Gasteiger partial charge in [0.05, 0.1) is 0 Å². The molecule has 0 bridgehead atoms. The van der Waals surface area contributed by atoms with Crippen molar-refractivity contribution in [1.82, 2.24) is 5.32 Å².